The number of likely N-dealkylation sites (tertiary alicyclic amines) is 1. The number of para-hydroxylation sites is 1. The maximum absolute atomic E-state index is 12.8. The molecule has 1 saturated heterocycles. The van der Waals surface area contributed by atoms with E-state index in [1.165, 1.54) is 12.0 Å². The Morgan fingerprint density at radius 1 is 1.31 bits per heavy atom. The zero-order chi connectivity index (χ0) is 18.7. The smallest absolute Gasteiger partial charge is 0.272 e. The topological polar surface area (TPSA) is 58.1 Å². The summed E-state index contributed by atoms with van der Waals surface area (Å²) < 4.78 is 0. The van der Waals surface area contributed by atoms with Gasteiger partial charge in [-0.15, -0.1) is 0 Å². The second-order valence-electron chi connectivity index (χ2n) is 7.58. The number of rotatable bonds is 4. The summed E-state index contributed by atoms with van der Waals surface area (Å²) in [7, 11) is 0. The summed E-state index contributed by atoms with van der Waals surface area (Å²) in [6.07, 6.45) is 3.90. The van der Waals surface area contributed by atoms with Gasteiger partial charge < -0.3 is 10.2 Å². The largest absolute Gasteiger partial charge is 0.337 e. The van der Waals surface area contributed by atoms with Crippen LogP contribution in [0.2, 0.25) is 0 Å². The normalized spacial score (nSPS) is 17.4. The lowest BCUT2D eigenvalue weighted by molar-refractivity contribution is 0.0677. The molecule has 1 amide bonds. The molecule has 0 radical (unpaired) electrons. The predicted octanol–water partition coefficient (Wildman–Crippen LogP) is 4.52. The van der Waals surface area contributed by atoms with Crippen molar-refractivity contribution in [2.45, 2.75) is 46.5 Å². The van der Waals surface area contributed by atoms with Crippen LogP contribution in [0, 0.1) is 12.8 Å². The number of carbonyl (C=O) groups excluding carboxylic acids is 1. The van der Waals surface area contributed by atoms with Gasteiger partial charge in [0.2, 0.25) is 5.95 Å². The van der Waals surface area contributed by atoms with E-state index < -0.39 is 0 Å². The lowest BCUT2D eigenvalue weighted by Gasteiger charge is -2.30. The SMILES string of the molecule is Cc1cccc(C(C)C)c1Nc1nccc(C(=O)N2CCCC(C)C2)n1. The van der Waals surface area contributed by atoms with Crippen molar-refractivity contribution in [2.24, 2.45) is 5.92 Å². The van der Waals surface area contributed by atoms with E-state index in [4.69, 9.17) is 0 Å². The molecule has 0 aliphatic carbocycles. The van der Waals surface area contributed by atoms with Crippen LogP contribution in [0.4, 0.5) is 11.6 Å². The van der Waals surface area contributed by atoms with E-state index >= 15 is 0 Å². The van der Waals surface area contributed by atoms with Crippen molar-refractivity contribution < 1.29 is 4.79 Å². The second kappa shape index (κ2) is 7.85. The Morgan fingerprint density at radius 3 is 2.85 bits per heavy atom. The van der Waals surface area contributed by atoms with E-state index in [0.717, 1.165) is 30.8 Å². The Kier molecular flexibility index (Phi) is 5.55. The molecular weight excluding hydrogens is 324 g/mol. The second-order valence-corrected chi connectivity index (χ2v) is 7.58. The van der Waals surface area contributed by atoms with Crippen molar-refractivity contribution in [3.05, 3.63) is 47.3 Å². The van der Waals surface area contributed by atoms with Crippen LogP contribution in [-0.2, 0) is 0 Å². The quantitative estimate of drug-likeness (QED) is 0.878. The highest BCUT2D eigenvalue weighted by atomic mass is 16.2. The van der Waals surface area contributed by atoms with E-state index in [0.29, 0.717) is 23.5 Å². The van der Waals surface area contributed by atoms with Crippen molar-refractivity contribution >= 4 is 17.5 Å². The van der Waals surface area contributed by atoms with Gasteiger partial charge >= 0.3 is 0 Å². The van der Waals surface area contributed by atoms with E-state index in [2.05, 4.69) is 61.2 Å². The molecule has 1 aromatic heterocycles. The number of nitrogens with zero attached hydrogens (tertiary/aromatic N) is 3. The Labute approximate surface area is 155 Å². The summed E-state index contributed by atoms with van der Waals surface area (Å²) >= 11 is 0. The molecule has 138 valence electrons. The van der Waals surface area contributed by atoms with Crippen LogP contribution in [0.15, 0.2) is 30.5 Å². The van der Waals surface area contributed by atoms with Crippen molar-refractivity contribution in [3.8, 4) is 0 Å². The third kappa shape index (κ3) is 4.03. The number of aryl methyl sites for hydroxylation is 1. The summed E-state index contributed by atoms with van der Waals surface area (Å²) in [6.45, 7) is 10.2. The van der Waals surface area contributed by atoms with Crippen LogP contribution in [-0.4, -0.2) is 33.9 Å². The first-order chi connectivity index (χ1) is 12.5. The summed E-state index contributed by atoms with van der Waals surface area (Å²) in [5.41, 5.74) is 3.84. The minimum atomic E-state index is -0.00383. The minimum absolute atomic E-state index is 0.00383. The highest BCUT2D eigenvalue weighted by Crippen LogP contribution is 2.29. The first-order valence-electron chi connectivity index (χ1n) is 9.44. The maximum Gasteiger partial charge on any atom is 0.272 e. The first kappa shape index (κ1) is 18.4. The highest BCUT2D eigenvalue weighted by Gasteiger charge is 2.23. The summed E-state index contributed by atoms with van der Waals surface area (Å²) in [6, 6.07) is 7.95. The average Bonchev–Trinajstić information content (AvgIpc) is 2.63. The number of amides is 1. The predicted molar refractivity (Wildman–Crippen MR) is 105 cm³/mol. The zero-order valence-electron chi connectivity index (χ0n) is 16.1. The molecule has 0 bridgehead atoms. The molecule has 2 heterocycles. The molecule has 0 spiro atoms. The molecule has 0 saturated carbocycles. The number of nitrogens with one attached hydrogen (secondary N) is 1. The van der Waals surface area contributed by atoms with Gasteiger partial charge in [0.1, 0.15) is 5.69 Å². The summed E-state index contributed by atoms with van der Waals surface area (Å²) in [5.74, 6) is 1.40. The van der Waals surface area contributed by atoms with Gasteiger partial charge in [0.05, 0.1) is 0 Å². The Bertz CT molecular complexity index is 787. The van der Waals surface area contributed by atoms with Crippen LogP contribution in [0.1, 0.15) is 61.1 Å². The molecule has 1 aliphatic heterocycles. The number of carbonyl (C=O) groups is 1. The Morgan fingerprint density at radius 2 is 2.12 bits per heavy atom. The van der Waals surface area contributed by atoms with Gasteiger partial charge in [0.25, 0.3) is 5.91 Å². The number of hydrogen-bond donors (Lipinski definition) is 1. The van der Waals surface area contributed by atoms with Gasteiger partial charge in [-0.05, 0) is 48.8 Å². The lowest BCUT2D eigenvalue weighted by Crippen LogP contribution is -2.39. The van der Waals surface area contributed by atoms with Crippen LogP contribution in [0.3, 0.4) is 0 Å². The maximum atomic E-state index is 12.8. The molecule has 1 atom stereocenters. The minimum Gasteiger partial charge on any atom is -0.337 e. The van der Waals surface area contributed by atoms with E-state index in [9.17, 15) is 4.79 Å². The molecule has 5 heteroatoms. The lowest BCUT2D eigenvalue weighted by atomic mass is 9.98. The fourth-order valence-electron chi connectivity index (χ4n) is 3.53. The standard InChI is InChI=1S/C21H28N4O/c1-14(2)17-9-5-8-16(4)19(17)24-21-22-11-10-18(23-21)20(26)25-12-6-7-15(3)13-25/h5,8-11,14-15H,6-7,12-13H2,1-4H3,(H,22,23,24). The monoisotopic (exact) mass is 352 g/mol. The molecule has 26 heavy (non-hydrogen) atoms. The molecule has 1 N–H and O–H groups in total. The highest BCUT2D eigenvalue weighted by molar-refractivity contribution is 5.92. The van der Waals surface area contributed by atoms with Crippen molar-refractivity contribution in [2.75, 3.05) is 18.4 Å². The third-order valence-corrected chi connectivity index (χ3v) is 4.98. The van der Waals surface area contributed by atoms with E-state index in [1.54, 1.807) is 12.3 Å². The molecule has 3 rings (SSSR count). The van der Waals surface area contributed by atoms with E-state index in [1.807, 2.05) is 4.90 Å². The van der Waals surface area contributed by atoms with Crippen LogP contribution >= 0.6 is 0 Å². The number of benzene rings is 1. The fourth-order valence-corrected chi connectivity index (χ4v) is 3.53. The summed E-state index contributed by atoms with van der Waals surface area (Å²) in [4.78, 5) is 23.5. The molecular formula is C21H28N4O. The molecule has 1 unspecified atom stereocenters. The van der Waals surface area contributed by atoms with Crippen molar-refractivity contribution in [1.29, 1.82) is 0 Å². The molecule has 1 fully saturated rings. The van der Waals surface area contributed by atoms with E-state index in [-0.39, 0.29) is 5.91 Å². The van der Waals surface area contributed by atoms with Gasteiger partial charge in [0, 0.05) is 25.0 Å². The Balaban J connectivity index is 1.83. The van der Waals surface area contributed by atoms with Crippen molar-refractivity contribution in [3.63, 3.8) is 0 Å². The summed E-state index contributed by atoms with van der Waals surface area (Å²) in [5, 5.41) is 3.34. The van der Waals surface area contributed by atoms with Crippen LogP contribution < -0.4 is 5.32 Å². The van der Waals surface area contributed by atoms with Gasteiger partial charge in [0.15, 0.2) is 0 Å². The number of aromatic nitrogens is 2. The molecule has 1 aliphatic rings. The Hall–Kier alpha value is -2.43. The van der Waals surface area contributed by atoms with Gasteiger partial charge in [-0.3, -0.25) is 4.79 Å². The van der Waals surface area contributed by atoms with Gasteiger partial charge in [-0.1, -0.05) is 39.0 Å². The number of hydrogen-bond acceptors (Lipinski definition) is 4. The molecule has 5 nitrogen and oxygen atoms in total. The van der Waals surface area contributed by atoms with Crippen LogP contribution in [0.25, 0.3) is 0 Å². The first-order valence-corrected chi connectivity index (χ1v) is 9.44. The average molecular weight is 352 g/mol. The van der Waals surface area contributed by atoms with Crippen molar-refractivity contribution in [1.82, 2.24) is 14.9 Å². The van der Waals surface area contributed by atoms with Gasteiger partial charge in [-0.2, -0.15) is 0 Å². The third-order valence-electron chi connectivity index (χ3n) is 4.98. The molecule has 1 aromatic carbocycles. The zero-order valence-corrected chi connectivity index (χ0v) is 16.1. The van der Waals surface area contributed by atoms with Crippen LogP contribution in [0.5, 0.6) is 0 Å². The van der Waals surface area contributed by atoms with Gasteiger partial charge in [-0.25, -0.2) is 9.97 Å². The fraction of sp³-hybridized carbons (Fsp3) is 0.476. The number of anilines is 2. The number of piperidine rings is 1. The molecule has 2 aromatic rings.